The fourth-order valence-electron chi connectivity index (χ4n) is 1.94. The Labute approximate surface area is 148 Å². The first-order valence-corrected chi connectivity index (χ1v) is 8.14. The van der Waals surface area contributed by atoms with Gasteiger partial charge in [0.05, 0.1) is 15.6 Å². The van der Waals surface area contributed by atoms with Crippen LogP contribution in [0, 0.1) is 0 Å². The lowest BCUT2D eigenvalue weighted by Crippen LogP contribution is -2.12. The summed E-state index contributed by atoms with van der Waals surface area (Å²) in [7, 11) is 0. The molecule has 21 heavy (non-hydrogen) atoms. The van der Waals surface area contributed by atoms with E-state index in [-0.39, 0.29) is 12.4 Å². The summed E-state index contributed by atoms with van der Waals surface area (Å²) in [5.41, 5.74) is 2.50. The minimum atomic E-state index is 0. The molecule has 0 spiro atoms. The fraction of sp³-hybridized carbons (Fsp3) is 0.250. The predicted octanol–water partition coefficient (Wildman–Crippen LogP) is 5.32. The minimum absolute atomic E-state index is 0. The van der Waals surface area contributed by atoms with Crippen LogP contribution in [0.15, 0.2) is 51.4 Å². The highest BCUT2D eigenvalue weighted by atomic mass is 79.9. The van der Waals surface area contributed by atoms with Crippen molar-refractivity contribution in [1.29, 1.82) is 0 Å². The molecular weight excluding hydrogens is 417 g/mol. The van der Waals surface area contributed by atoms with E-state index in [0.29, 0.717) is 6.61 Å². The molecule has 0 fully saturated rings. The molecule has 0 aromatic heterocycles. The summed E-state index contributed by atoms with van der Waals surface area (Å²) < 4.78 is 7.54. The number of ether oxygens (including phenoxy) is 1. The van der Waals surface area contributed by atoms with Crippen LogP contribution in [0.5, 0.6) is 5.75 Å². The molecule has 0 unspecified atom stereocenters. The maximum absolute atomic E-state index is 5.58. The Morgan fingerprint density at radius 3 is 2.10 bits per heavy atom. The third-order valence-electron chi connectivity index (χ3n) is 2.85. The Hall–Kier alpha value is -0.550. The standard InChI is InChI=1S/C16H17Br2NO.ClH/c1-2-20-16-14(17)8-13(9-15(16)18)11-19-10-12-6-4-3-5-7-12;/h3-9,19H,2,10-11H2,1H3;1H. The van der Waals surface area contributed by atoms with Crippen molar-refractivity contribution in [3.05, 3.63) is 62.5 Å². The Bertz CT molecular complexity index is 540. The van der Waals surface area contributed by atoms with Crippen molar-refractivity contribution in [3.63, 3.8) is 0 Å². The number of halogens is 3. The van der Waals surface area contributed by atoms with Crippen molar-refractivity contribution in [3.8, 4) is 5.75 Å². The molecule has 2 nitrogen and oxygen atoms in total. The van der Waals surface area contributed by atoms with Crippen LogP contribution in [-0.4, -0.2) is 6.61 Å². The lowest BCUT2D eigenvalue weighted by molar-refractivity contribution is 0.336. The quantitative estimate of drug-likeness (QED) is 0.663. The molecule has 0 saturated carbocycles. The first kappa shape index (κ1) is 18.5. The molecule has 0 aliphatic carbocycles. The van der Waals surface area contributed by atoms with Gasteiger partial charge in [0.2, 0.25) is 0 Å². The van der Waals surface area contributed by atoms with Gasteiger partial charge in [-0.05, 0) is 62.0 Å². The van der Waals surface area contributed by atoms with Gasteiger partial charge in [0, 0.05) is 13.1 Å². The lowest BCUT2D eigenvalue weighted by Gasteiger charge is -2.11. The second-order valence-electron chi connectivity index (χ2n) is 4.41. The number of benzene rings is 2. The van der Waals surface area contributed by atoms with E-state index < -0.39 is 0 Å². The average molecular weight is 436 g/mol. The summed E-state index contributed by atoms with van der Waals surface area (Å²) in [6.07, 6.45) is 0. The van der Waals surface area contributed by atoms with Crippen molar-refractivity contribution < 1.29 is 4.74 Å². The van der Waals surface area contributed by atoms with Gasteiger partial charge >= 0.3 is 0 Å². The van der Waals surface area contributed by atoms with Crippen LogP contribution in [0.4, 0.5) is 0 Å². The van der Waals surface area contributed by atoms with E-state index in [1.165, 1.54) is 11.1 Å². The summed E-state index contributed by atoms with van der Waals surface area (Å²) in [6, 6.07) is 14.6. The van der Waals surface area contributed by atoms with Gasteiger partial charge in [0.15, 0.2) is 0 Å². The summed E-state index contributed by atoms with van der Waals surface area (Å²) in [4.78, 5) is 0. The zero-order valence-electron chi connectivity index (χ0n) is 11.7. The maximum Gasteiger partial charge on any atom is 0.147 e. The number of hydrogen-bond acceptors (Lipinski definition) is 2. The number of nitrogens with one attached hydrogen (secondary N) is 1. The fourth-order valence-corrected chi connectivity index (χ4v) is 3.45. The van der Waals surface area contributed by atoms with E-state index in [9.17, 15) is 0 Å². The van der Waals surface area contributed by atoms with Gasteiger partial charge in [-0.25, -0.2) is 0 Å². The molecule has 2 aromatic rings. The van der Waals surface area contributed by atoms with Crippen LogP contribution in [0.25, 0.3) is 0 Å². The van der Waals surface area contributed by atoms with Gasteiger partial charge in [-0.15, -0.1) is 12.4 Å². The molecule has 0 amide bonds. The average Bonchev–Trinajstić information content (AvgIpc) is 2.44. The summed E-state index contributed by atoms with van der Waals surface area (Å²) >= 11 is 7.11. The van der Waals surface area contributed by atoms with E-state index in [1.54, 1.807) is 0 Å². The molecular formula is C16H18Br2ClNO. The Morgan fingerprint density at radius 2 is 1.52 bits per heavy atom. The number of hydrogen-bond donors (Lipinski definition) is 1. The topological polar surface area (TPSA) is 21.3 Å². The maximum atomic E-state index is 5.58. The molecule has 0 bridgehead atoms. The minimum Gasteiger partial charge on any atom is -0.492 e. The van der Waals surface area contributed by atoms with Crippen molar-refractivity contribution >= 4 is 44.3 Å². The first-order valence-electron chi connectivity index (χ1n) is 6.56. The monoisotopic (exact) mass is 433 g/mol. The van der Waals surface area contributed by atoms with Crippen LogP contribution in [0.1, 0.15) is 18.1 Å². The number of rotatable bonds is 6. The lowest BCUT2D eigenvalue weighted by atomic mass is 10.2. The van der Waals surface area contributed by atoms with Gasteiger partial charge in [-0.1, -0.05) is 30.3 Å². The Balaban J connectivity index is 0.00000220. The smallest absolute Gasteiger partial charge is 0.147 e. The second kappa shape index (κ2) is 9.46. The summed E-state index contributed by atoms with van der Waals surface area (Å²) in [5, 5.41) is 3.44. The van der Waals surface area contributed by atoms with E-state index in [2.05, 4.69) is 73.6 Å². The molecule has 5 heteroatoms. The molecule has 114 valence electrons. The van der Waals surface area contributed by atoms with E-state index >= 15 is 0 Å². The van der Waals surface area contributed by atoms with Crippen molar-refractivity contribution in [1.82, 2.24) is 5.32 Å². The van der Waals surface area contributed by atoms with E-state index in [4.69, 9.17) is 4.74 Å². The highest BCUT2D eigenvalue weighted by Crippen LogP contribution is 2.34. The Kier molecular flexibility index (Phi) is 8.34. The highest BCUT2D eigenvalue weighted by Gasteiger charge is 2.08. The molecule has 0 heterocycles. The predicted molar refractivity (Wildman–Crippen MR) is 97.2 cm³/mol. The van der Waals surface area contributed by atoms with Crippen LogP contribution in [0.2, 0.25) is 0 Å². The largest absolute Gasteiger partial charge is 0.492 e. The van der Waals surface area contributed by atoms with Gasteiger partial charge in [-0.3, -0.25) is 0 Å². The van der Waals surface area contributed by atoms with Gasteiger partial charge in [-0.2, -0.15) is 0 Å². The summed E-state index contributed by atoms with van der Waals surface area (Å²) in [5.74, 6) is 0.860. The van der Waals surface area contributed by atoms with Gasteiger partial charge in [0.25, 0.3) is 0 Å². The van der Waals surface area contributed by atoms with Crippen molar-refractivity contribution in [2.45, 2.75) is 20.0 Å². The molecule has 0 atom stereocenters. The van der Waals surface area contributed by atoms with Crippen molar-refractivity contribution in [2.24, 2.45) is 0 Å². The normalized spacial score (nSPS) is 10.0. The van der Waals surface area contributed by atoms with Crippen LogP contribution in [-0.2, 0) is 13.1 Å². The molecule has 0 aliphatic rings. The van der Waals surface area contributed by atoms with Gasteiger partial charge in [0.1, 0.15) is 5.75 Å². The van der Waals surface area contributed by atoms with Crippen molar-refractivity contribution in [2.75, 3.05) is 6.61 Å². The highest BCUT2D eigenvalue weighted by molar-refractivity contribution is 9.11. The SMILES string of the molecule is CCOc1c(Br)cc(CNCc2ccccc2)cc1Br.Cl. The van der Waals surface area contributed by atoms with E-state index in [1.807, 2.05) is 13.0 Å². The van der Waals surface area contributed by atoms with Crippen LogP contribution >= 0.6 is 44.3 Å². The molecule has 2 rings (SSSR count). The molecule has 2 aromatic carbocycles. The van der Waals surface area contributed by atoms with Gasteiger partial charge < -0.3 is 10.1 Å². The molecule has 0 radical (unpaired) electrons. The Morgan fingerprint density at radius 1 is 0.952 bits per heavy atom. The zero-order chi connectivity index (χ0) is 14.4. The van der Waals surface area contributed by atoms with Crippen LogP contribution < -0.4 is 10.1 Å². The first-order chi connectivity index (χ1) is 9.70. The van der Waals surface area contributed by atoms with E-state index in [0.717, 1.165) is 27.8 Å². The third kappa shape index (κ3) is 5.62. The molecule has 0 saturated heterocycles. The second-order valence-corrected chi connectivity index (χ2v) is 6.12. The summed E-state index contributed by atoms with van der Waals surface area (Å²) in [6.45, 7) is 4.32. The molecule has 0 aliphatic heterocycles. The van der Waals surface area contributed by atoms with Crippen LogP contribution in [0.3, 0.4) is 0 Å². The third-order valence-corrected chi connectivity index (χ3v) is 4.03. The zero-order valence-corrected chi connectivity index (χ0v) is 15.7. The molecule has 1 N–H and O–H groups in total.